The van der Waals surface area contributed by atoms with E-state index in [4.69, 9.17) is 4.74 Å². The number of carbonyl (C=O) groups excluding carboxylic acids is 2. The van der Waals surface area contributed by atoms with E-state index in [0.717, 1.165) is 17.1 Å². The van der Waals surface area contributed by atoms with E-state index in [1.54, 1.807) is 48.5 Å². The number of hydrogen-bond donors (Lipinski definition) is 2. The number of nitrogens with one attached hydrogen (secondary N) is 2. The molecule has 0 radical (unpaired) electrons. The molecule has 2 amide bonds. The van der Waals surface area contributed by atoms with Crippen LogP contribution in [0.1, 0.15) is 33.6 Å². The molecule has 0 aliphatic heterocycles. The number of ether oxygens (including phenoxy) is 1. The lowest BCUT2D eigenvalue weighted by Gasteiger charge is -2.20. The van der Waals surface area contributed by atoms with Crippen LogP contribution in [0.4, 0.5) is 11.4 Å². The summed E-state index contributed by atoms with van der Waals surface area (Å²) < 4.78 is 32.6. The van der Waals surface area contributed by atoms with Crippen LogP contribution in [0.15, 0.2) is 77.7 Å². The Hall–Kier alpha value is -3.85. The summed E-state index contributed by atoms with van der Waals surface area (Å²) in [5.74, 6) is -0.161. The van der Waals surface area contributed by atoms with E-state index in [-0.39, 0.29) is 22.4 Å². The molecular weight excluding hydrogens is 454 g/mol. The minimum Gasteiger partial charge on any atom is -0.497 e. The zero-order chi connectivity index (χ0) is 24.3. The second-order valence-corrected chi connectivity index (χ2v) is 9.92. The van der Waals surface area contributed by atoms with Crippen LogP contribution in [0.3, 0.4) is 0 Å². The number of amides is 2. The zero-order valence-electron chi connectivity index (χ0n) is 18.8. The summed E-state index contributed by atoms with van der Waals surface area (Å²) in [4.78, 5) is 25.4. The lowest BCUT2D eigenvalue weighted by atomic mass is 10.1. The van der Waals surface area contributed by atoms with Crippen LogP contribution in [0.2, 0.25) is 0 Å². The SMILES string of the molecule is COc1ccc(N(C)S(=O)(=O)c2cccc(C(=O)Nc3ccccc3C(=O)NC3CC3)c2)cc1. The normalized spacial score (nSPS) is 13.1. The van der Waals surface area contributed by atoms with E-state index in [9.17, 15) is 18.0 Å². The van der Waals surface area contributed by atoms with Gasteiger partial charge in [0, 0.05) is 18.7 Å². The Morgan fingerprint density at radius 1 is 0.941 bits per heavy atom. The predicted octanol–water partition coefficient (Wildman–Crippen LogP) is 3.66. The maximum atomic E-state index is 13.2. The molecule has 0 aromatic heterocycles. The van der Waals surface area contributed by atoms with Gasteiger partial charge in [0.1, 0.15) is 5.75 Å². The summed E-state index contributed by atoms with van der Waals surface area (Å²) in [6, 6.07) is 19.3. The fourth-order valence-electron chi connectivity index (χ4n) is 3.36. The second kappa shape index (κ2) is 9.56. The van der Waals surface area contributed by atoms with Crippen molar-refractivity contribution in [2.24, 2.45) is 0 Å². The van der Waals surface area contributed by atoms with E-state index >= 15 is 0 Å². The molecule has 4 rings (SSSR count). The first-order valence-electron chi connectivity index (χ1n) is 10.7. The number of sulfonamides is 1. The van der Waals surface area contributed by atoms with Crippen LogP contribution in [0.25, 0.3) is 0 Å². The Balaban J connectivity index is 1.55. The highest BCUT2D eigenvalue weighted by atomic mass is 32.2. The minimum atomic E-state index is -3.92. The summed E-state index contributed by atoms with van der Waals surface area (Å²) in [5, 5.41) is 5.64. The third kappa shape index (κ3) is 5.04. The van der Waals surface area contributed by atoms with Gasteiger partial charge in [-0.15, -0.1) is 0 Å². The van der Waals surface area contributed by atoms with Crippen molar-refractivity contribution in [1.82, 2.24) is 5.32 Å². The lowest BCUT2D eigenvalue weighted by molar-refractivity contribution is 0.0952. The van der Waals surface area contributed by atoms with Crippen LogP contribution >= 0.6 is 0 Å². The quantitative estimate of drug-likeness (QED) is 0.513. The first kappa shape index (κ1) is 23.3. The van der Waals surface area contributed by atoms with Gasteiger partial charge in [0.15, 0.2) is 0 Å². The van der Waals surface area contributed by atoms with Crippen molar-refractivity contribution in [2.75, 3.05) is 23.8 Å². The molecule has 0 unspecified atom stereocenters. The first-order chi connectivity index (χ1) is 16.3. The average Bonchev–Trinajstić information content (AvgIpc) is 3.68. The fraction of sp³-hybridized carbons (Fsp3) is 0.200. The van der Waals surface area contributed by atoms with Crippen molar-refractivity contribution in [3.8, 4) is 5.75 Å². The Bertz CT molecular complexity index is 1320. The van der Waals surface area contributed by atoms with E-state index < -0.39 is 15.9 Å². The van der Waals surface area contributed by atoms with Gasteiger partial charge in [0.2, 0.25) is 0 Å². The maximum absolute atomic E-state index is 13.2. The van der Waals surface area contributed by atoms with Crippen molar-refractivity contribution in [2.45, 2.75) is 23.8 Å². The number of rotatable bonds is 8. The first-order valence-corrected chi connectivity index (χ1v) is 12.2. The molecule has 0 atom stereocenters. The van der Waals surface area contributed by atoms with Gasteiger partial charge in [-0.25, -0.2) is 8.42 Å². The number of methoxy groups -OCH3 is 1. The van der Waals surface area contributed by atoms with Crippen LogP contribution in [0.5, 0.6) is 5.75 Å². The Morgan fingerprint density at radius 2 is 1.65 bits per heavy atom. The number of hydrogen-bond acceptors (Lipinski definition) is 5. The molecule has 3 aromatic carbocycles. The van der Waals surface area contributed by atoms with Crippen molar-refractivity contribution >= 4 is 33.2 Å². The van der Waals surface area contributed by atoms with Gasteiger partial charge in [-0.3, -0.25) is 13.9 Å². The number of nitrogens with zero attached hydrogens (tertiary/aromatic N) is 1. The molecule has 0 heterocycles. The predicted molar refractivity (Wildman–Crippen MR) is 130 cm³/mol. The summed E-state index contributed by atoms with van der Waals surface area (Å²) in [7, 11) is -0.945. The molecule has 0 bridgehead atoms. The van der Waals surface area contributed by atoms with Gasteiger partial charge >= 0.3 is 0 Å². The lowest BCUT2D eigenvalue weighted by Crippen LogP contribution is -2.27. The van der Waals surface area contributed by atoms with E-state index in [0.29, 0.717) is 22.7 Å². The van der Waals surface area contributed by atoms with Crippen molar-refractivity contribution in [3.05, 3.63) is 83.9 Å². The molecule has 3 aromatic rings. The van der Waals surface area contributed by atoms with Crippen LogP contribution in [-0.2, 0) is 10.0 Å². The van der Waals surface area contributed by atoms with Gasteiger partial charge in [0.05, 0.1) is 28.9 Å². The third-order valence-corrected chi connectivity index (χ3v) is 7.30. The second-order valence-electron chi connectivity index (χ2n) is 7.95. The van der Waals surface area contributed by atoms with Gasteiger partial charge in [-0.05, 0) is 67.4 Å². The summed E-state index contributed by atoms with van der Waals surface area (Å²) in [5.41, 5.74) is 1.31. The summed E-state index contributed by atoms with van der Waals surface area (Å²) >= 11 is 0. The Kier molecular flexibility index (Phi) is 6.56. The minimum absolute atomic E-state index is 0.0294. The number of benzene rings is 3. The Morgan fingerprint density at radius 3 is 2.32 bits per heavy atom. The molecule has 1 fully saturated rings. The van der Waals surface area contributed by atoms with E-state index in [1.165, 1.54) is 38.4 Å². The highest BCUT2D eigenvalue weighted by Gasteiger charge is 2.26. The molecule has 34 heavy (non-hydrogen) atoms. The molecule has 176 valence electrons. The van der Waals surface area contributed by atoms with Gasteiger partial charge in [-0.1, -0.05) is 18.2 Å². The molecule has 8 nitrogen and oxygen atoms in total. The Labute approximate surface area is 198 Å². The molecule has 9 heteroatoms. The smallest absolute Gasteiger partial charge is 0.264 e. The number of carbonyl (C=O) groups is 2. The molecule has 2 N–H and O–H groups in total. The van der Waals surface area contributed by atoms with E-state index in [1.807, 2.05) is 0 Å². The fourth-order valence-corrected chi connectivity index (χ4v) is 4.60. The van der Waals surface area contributed by atoms with Gasteiger partial charge < -0.3 is 15.4 Å². The van der Waals surface area contributed by atoms with Crippen molar-refractivity contribution in [1.29, 1.82) is 0 Å². The van der Waals surface area contributed by atoms with Crippen LogP contribution < -0.4 is 19.7 Å². The summed E-state index contributed by atoms with van der Waals surface area (Å²) in [6.07, 6.45) is 1.90. The van der Waals surface area contributed by atoms with Gasteiger partial charge in [0.25, 0.3) is 21.8 Å². The molecule has 1 aliphatic carbocycles. The monoisotopic (exact) mass is 479 g/mol. The summed E-state index contributed by atoms with van der Waals surface area (Å²) in [6.45, 7) is 0. The average molecular weight is 480 g/mol. The molecule has 1 aliphatic rings. The molecule has 0 spiro atoms. The van der Waals surface area contributed by atoms with Crippen molar-refractivity contribution < 1.29 is 22.7 Å². The topological polar surface area (TPSA) is 105 Å². The molecule has 1 saturated carbocycles. The standard InChI is InChI=1S/C25H25N3O5S/c1-28(19-12-14-20(33-2)15-13-19)34(31,32)21-7-5-6-17(16-21)24(29)27-23-9-4-3-8-22(23)25(30)26-18-10-11-18/h3-9,12-16,18H,10-11H2,1-2H3,(H,26,30)(H,27,29). The molecular formula is C25H25N3O5S. The molecule has 0 saturated heterocycles. The van der Waals surface area contributed by atoms with Gasteiger partial charge in [-0.2, -0.15) is 0 Å². The third-order valence-electron chi connectivity index (χ3n) is 5.52. The number of para-hydroxylation sites is 1. The van der Waals surface area contributed by atoms with Crippen molar-refractivity contribution in [3.63, 3.8) is 0 Å². The maximum Gasteiger partial charge on any atom is 0.264 e. The number of anilines is 2. The van der Waals surface area contributed by atoms with E-state index in [2.05, 4.69) is 10.6 Å². The van der Waals surface area contributed by atoms with Crippen LogP contribution in [0, 0.1) is 0 Å². The zero-order valence-corrected chi connectivity index (χ0v) is 19.6. The highest BCUT2D eigenvalue weighted by molar-refractivity contribution is 7.92. The highest BCUT2D eigenvalue weighted by Crippen LogP contribution is 2.26. The van der Waals surface area contributed by atoms with Crippen LogP contribution in [-0.4, -0.2) is 40.4 Å². The largest absolute Gasteiger partial charge is 0.497 e.